The maximum absolute atomic E-state index is 14.9. The van der Waals surface area contributed by atoms with Crippen LogP contribution in [-0.4, -0.2) is 116 Å². The fourth-order valence-electron chi connectivity index (χ4n) is 6.45. The van der Waals surface area contributed by atoms with E-state index in [1.54, 1.807) is 91.0 Å². The third-order valence-corrected chi connectivity index (χ3v) is 9.56. The number of carbonyl (C=O) groups is 3. The molecular formula is C38H49N5O9. The number of hydrogen-bond acceptors (Lipinski definition) is 13. The van der Waals surface area contributed by atoms with Crippen molar-refractivity contribution in [1.82, 2.24) is 20.6 Å². The molecule has 0 saturated carbocycles. The van der Waals surface area contributed by atoms with Crippen molar-refractivity contribution in [3.8, 4) is 0 Å². The van der Waals surface area contributed by atoms with E-state index in [0.29, 0.717) is 70.3 Å². The van der Waals surface area contributed by atoms with Crippen LogP contribution in [0.2, 0.25) is 0 Å². The van der Waals surface area contributed by atoms with Crippen LogP contribution < -0.4 is 16.5 Å². The van der Waals surface area contributed by atoms with E-state index >= 15 is 0 Å². The highest BCUT2D eigenvalue weighted by atomic mass is 16.7. The summed E-state index contributed by atoms with van der Waals surface area (Å²) >= 11 is 0. The fourth-order valence-corrected chi connectivity index (χ4v) is 6.45. The van der Waals surface area contributed by atoms with Gasteiger partial charge in [-0.15, -0.1) is 5.48 Å². The normalized spacial score (nSPS) is 19.0. The minimum absolute atomic E-state index is 0.0604. The number of amides is 1. The van der Waals surface area contributed by atoms with Crippen LogP contribution in [0.15, 0.2) is 91.0 Å². The number of carbonyl (C=O) groups excluding carboxylic acids is 3. The van der Waals surface area contributed by atoms with Crippen LogP contribution >= 0.6 is 0 Å². The topological polar surface area (TPSA) is 185 Å². The molecule has 2 aliphatic heterocycles. The van der Waals surface area contributed by atoms with E-state index in [1.807, 2.05) is 4.90 Å². The van der Waals surface area contributed by atoms with Gasteiger partial charge in [-0.3, -0.25) is 14.6 Å². The number of nitrogens with two attached hydrogens (primary N) is 1. The molecule has 5 rings (SSSR count). The zero-order chi connectivity index (χ0) is 36.9. The summed E-state index contributed by atoms with van der Waals surface area (Å²) < 4.78 is 16.7. The Hall–Kier alpha value is -4.25. The van der Waals surface area contributed by atoms with E-state index in [2.05, 4.69) is 15.7 Å². The van der Waals surface area contributed by atoms with Gasteiger partial charge in [0.15, 0.2) is 5.72 Å². The van der Waals surface area contributed by atoms with Crippen LogP contribution in [0.4, 0.5) is 0 Å². The number of nitrogens with one attached hydrogen (secondary N) is 2. The molecule has 2 heterocycles. The zero-order valence-electron chi connectivity index (χ0n) is 29.3. The summed E-state index contributed by atoms with van der Waals surface area (Å²) in [6.45, 7) is 4.11. The minimum atomic E-state index is -2.92. The van der Waals surface area contributed by atoms with Crippen molar-refractivity contribution in [2.24, 2.45) is 5.73 Å². The lowest BCUT2D eigenvalue weighted by atomic mass is 9.72. The van der Waals surface area contributed by atoms with E-state index in [0.717, 1.165) is 0 Å². The van der Waals surface area contributed by atoms with Crippen molar-refractivity contribution in [3.63, 3.8) is 0 Å². The first-order valence-electron chi connectivity index (χ1n) is 17.6. The van der Waals surface area contributed by atoms with E-state index < -0.39 is 41.3 Å². The zero-order valence-corrected chi connectivity index (χ0v) is 29.3. The summed E-state index contributed by atoms with van der Waals surface area (Å²) in [7, 11) is 0. The molecule has 2 saturated heterocycles. The van der Waals surface area contributed by atoms with Crippen molar-refractivity contribution in [2.45, 2.75) is 36.3 Å². The van der Waals surface area contributed by atoms with Gasteiger partial charge in [0.1, 0.15) is 12.2 Å². The molecule has 0 aliphatic carbocycles. The van der Waals surface area contributed by atoms with E-state index in [4.69, 9.17) is 24.8 Å². The summed E-state index contributed by atoms with van der Waals surface area (Å²) in [5, 5.41) is 27.5. The monoisotopic (exact) mass is 719 g/mol. The lowest BCUT2D eigenvalue weighted by molar-refractivity contribution is -0.206. The van der Waals surface area contributed by atoms with Gasteiger partial charge >= 0.3 is 11.9 Å². The van der Waals surface area contributed by atoms with Crippen LogP contribution in [0, 0.1) is 0 Å². The molecule has 2 aliphatic rings. The lowest BCUT2D eigenvalue weighted by Crippen LogP contribution is -2.74. The van der Waals surface area contributed by atoms with Crippen LogP contribution in [0.25, 0.3) is 0 Å². The second kappa shape index (κ2) is 18.5. The first kappa shape index (κ1) is 39.0. The summed E-state index contributed by atoms with van der Waals surface area (Å²) in [5.74, 6) is -3.63. The van der Waals surface area contributed by atoms with Gasteiger partial charge in [-0.2, -0.15) is 0 Å². The van der Waals surface area contributed by atoms with E-state index in [-0.39, 0.29) is 31.6 Å². The Balaban J connectivity index is 1.56. The second-order valence-electron chi connectivity index (χ2n) is 12.9. The molecule has 3 atom stereocenters. The molecule has 52 heavy (non-hydrogen) atoms. The van der Waals surface area contributed by atoms with Crippen LogP contribution in [0.1, 0.15) is 29.5 Å². The molecule has 2 fully saturated rings. The fraction of sp³-hybridized carbons (Fsp3) is 0.447. The molecule has 3 aromatic carbocycles. The molecule has 0 radical (unpaired) electrons. The number of hydroxylamine groups is 1. The quantitative estimate of drug-likeness (QED) is 0.0571. The number of rotatable bonds is 17. The van der Waals surface area contributed by atoms with Crippen LogP contribution in [0.3, 0.4) is 0 Å². The van der Waals surface area contributed by atoms with Gasteiger partial charge in [0, 0.05) is 51.3 Å². The van der Waals surface area contributed by atoms with Crippen LogP contribution in [0.5, 0.6) is 0 Å². The van der Waals surface area contributed by atoms with Crippen molar-refractivity contribution in [2.75, 3.05) is 72.2 Å². The smallest absolute Gasteiger partial charge is 0.365 e. The Morgan fingerprint density at radius 2 is 1.21 bits per heavy atom. The Morgan fingerprint density at radius 1 is 0.712 bits per heavy atom. The van der Waals surface area contributed by atoms with E-state index in [1.165, 1.54) is 0 Å². The maximum Gasteiger partial charge on any atom is 0.365 e. The third kappa shape index (κ3) is 9.40. The lowest BCUT2D eigenvalue weighted by Gasteiger charge is -2.45. The largest absolute Gasteiger partial charge is 0.459 e. The average molecular weight is 720 g/mol. The van der Waals surface area contributed by atoms with Gasteiger partial charge in [0.2, 0.25) is 5.91 Å². The number of esters is 1. The highest BCUT2D eigenvalue weighted by Gasteiger charge is 2.66. The summed E-state index contributed by atoms with van der Waals surface area (Å²) in [6, 6.07) is 25.4. The SMILES string of the molecule is NCC(=O)N[C@@](C(=O)OCc1ccccc1)(C(=O)ON[C@](O)(CCN1CCOCC1)c1ccccc1)[C@](O)(CCN1CCOCC1)c1ccccc1. The molecule has 280 valence electrons. The molecule has 6 N–H and O–H groups in total. The van der Waals surface area contributed by atoms with Crippen molar-refractivity contribution >= 4 is 17.8 Å². The first-order chi connectivity index (χ1) is 25.2. The molecular weight excluding hydrogens is 670 g/mol. The van der Waals surface area contributed by atoms with Crippen LogP contribution in [-0.2, 0) is 51.4 Å². The highest BCUT2D eigenvalue weighted by molar-refractivity contribution is 6.09. The number of aliphatic hydroxyl groups is 2. The van der Waals surface area contributed by atoms with E-state index in [9.17, 15) is 24.6 Å². The number of hydrogen-bond donors (Lipinski definition) is 5. The minimum Gasteiger partial charge on any atom is -0.459 e. The van der Waals surface area contributed by atoms with Gasteiger partial charge in [0.05, 0.1) is 33.0 Å². The number of morpholine rings is 2. The summed E-state index contributed by atoms with van der Waals surface area (Å²) in [5.41, 5.74) is 2.07. The average Bonchev–Trinajstić information content (AvgIpc) is 3.21. The maximum atomic E-state index is 14.9. The number of benzene rings is 3. The molecule has 1 amide bonds. The summed E-state index contributed by atoms with van der Waals surface area (Å²) in [4.78, 5) is 52.7. The third-order valence-electron chi connectivity index (χ3n) is 9.56. The van der Waals surface area contributed by atoms with Gasteiger partial charge in [0.25, 0.3) is 5.54 Å². The Morgan fingerprint density at radius 3 is 1.75 bits per heavy atom. The molecule has 0 bridgehead atoms. The molecule has 0 spiro atoms. The van der Waals surface area contributed by atoms with Crippen molar-refractivity contribution < 1.29 is 43.6 Å². The van der Waals surface area contributed by atoms with Crippen molar-refractivity contribution in [1.29, 1.82) is 0 Å². The first-order valence-corrected chi connectivity index (χ1v) is 17.6. The Kier molecular flexibility index (Phi) is 13.9. The van der Waals surface area contributed by atoms with Gasteiger partial charge in [-0.05, 0) is 17.5 Å². The predicted octanol–water partition coefficient (Wildman–Crippen LogP) is 0.769. The summed E-state index contributed by atoms with van der Waals surface area (Å²) in [6.07, 6.45) is -0.164. The van der Waals surface area contributed by atoms with Crippen molar-refractivity contribution in [3.05, 3.63) is 108 Å². The molecule has 0 aromatic heterocycles. The predicted molar refractivity (Wildman–Crippen MR) is 190 cm³/mol. The standard InChI is InChI=1S/C38H49N5O9/c39-28-33(44)40-38(34(45)51-29-30-10-4-1-5-11-30,36(47,31-12-6-2-7-13-31)16-18-42-20-24-49-25-21-42)35(46)52-41-37(48,32-14-8-3-9-15-32)17-19-43-22-26-50-27-23-43/h1-15,41,47-48H,16-29,39H2,(H,40,44)/t36-,37-,38-/m0/s1. The van der Waals surface area contributed by atoms with Gasteiger partial charge in [-0.1, -0.05) is 91.0 Å². The molecule has 14 heteroatoms. The Labute approximate surface area is 303 Å². The second-order valence-corrected chi connectivity index (χ2v) is 12.9. The molecule has 3 aromatic rings. The number of nitrogens with zero attached hydrogens (tertiary/aromatic N) is 2. The highest BCUT2D eigenvalue weighted by Crippen LogP contribution is 2.40. The van der Waals surface area contributed by atoms with Gasteiger partial charge in [-0.25, -0.2) is 9.59 Å². The molecule has 14 nitrogen and oxygen atoms in total. The Bertz CT molecular complexity index is 1580. The molecule has 0 unspecified atom stereocenters. The van der Waals surface area contributed by atoms with Gasteiger partial charge < -0.3 is 40.3 Å². The number of ether oxygens (including phenoxy) is 3.